The zero-order valence-corrected chi connectivity index (χ0v) is 11.7. The molecule has 1 saturated heterocycles. The summed E-state index contributed by atoms with van der Waals surface area (Å²) in [7, 11) is -3.00. The maximum atomic E-state index is 12.2. The molecule has 18 heavy (non-hydrogen) atoms. The summed E-state index contributed by atoms with van der Waals surface area (Å²) in [5.41, 5.74) is 0. The van der Waals surface area contributed by atoms with E-state index in [0.29, 0.717) is 25.4 Å². The molecule has 0 bridgehead atoms. The van der Waals surface area contributed by atoms with Crippen molar-refractivity contribution in [3.8, 4) is 0 Å². The second-order valence-corrected chi connectivity index (χ2v) is 8.04. The Morgan fingerprint density at radius 1 is 1.28 bits per heavy atom. The summed E-state index contributed by atoms with van der Waals surface area (Å²) in [5.74, 6) is 0.564. The van der Waals surface area contributed by atoms with E-state index in [1.54, 1.807) is 0 Å². The Morgan fingerprint density at radius 2 is 2.06 bits per heavy atom. The predicted octanol–water partition coefficient (Wildman–Crippen LogP) is 1.59. The molecule has 0 aromatic heterocycles. The smallest absolute Gasteiger partial charge is 0.150 e. The van der Waals surface area contributed by atoms with Crippen LogP contribution in [0.3, 0.4) is 0 Å². The number of ketones is 1. The van der Waals surface area contributed by atoms with E-state index in [1.807, 2.05) is 0 Å². The predicted molar refractivity (Wildman–Crippen MR) is 69.1 cm³/mol. The fourth-order valence-corrected chi connectivity index (χ4v) is 4.20. The average molecular weight is 274 g/mol. The third kappa shape index (κ3) is 3.54. The number of rotatable bonds is 4. The van der Waals surface area contributed by atoms with Crippen molar-refractivity contribution in [2.75, 3.05) is 19.5 Å². The molecule has 1 heterocycles. The van der Waals surface area contributed by atoms with Crippen molar-refractivity contribution in [1.82, 2.24) is 0 Å². The molecule has 2 rings (SSSR count). The van der Waals surface area contributed by atoms with Crippen molar-refractivity contribution in [1.29, 1.82) is 0 Å². The van der Waals surface area contributed by atoms with Crippen LogP contribution in [0.1, 0.15) is 38.5 Å². The van der Waals surface area contributed by atoms with E-state index < -0.39 is 9.84 Å². The number of Topliss-reactive ketones (excluding diaryl/α,β-unsaturated/α-hetero) is 1. The highest BCUT2D eigenvalue weighted by Gasteiger charge is 2.33. The molecule has 0 aromatic carbocycles. The Balaban J connectivity index is 1.89. The zero-order valence-electron chi connectivity index (χ0n) is 10.9. The summed E-state index contributed by atoms with van der Waals surface area (Å²) in [5, 5.41) is -0.306. The van der Waals surface area contributed by atoms with Crippen LogP contribution in [0, 0.1) is 11.8 Å². The first kappa shape index (κ1) is 14.0. The van der Waals surface area contributed by atoms with Gasteiger partial charge in [-0.1, -0.05) is 6.42 Å². The monoisotopic (exact) mass is 274 g/mol. The normalized spacial score (nSPS) is 33.5. The Hall–Kier alpha value is -0.420. The van der Waals surface area contributed by atoms with Gasteiger partial charge in [0.05, 0.1) is 5.25 Å². The fourth-order valence-electron chi connectivity index (χ4n) is 3.02. The summed E-state index contributed by atoms with van der Waals surface area (Å²) in [6.07, 6.45) is 5.79. The number of carbonyl (C=O) groups is 1. The third-order valence-electron chi connectivity index (χ3n) is 4.20. The largest absolute Gasteiger partial charge is 0.381 e. The minimum Gasteiger partial charge on any atom is -0.381 e. The average Bonchev–Trinajstić information content (AvgIpc) is 2.81. The lowest BCUT2D eigenvalue weighted by Gasteiger charge is -2.27. The van der Waals surface area contributed by atoms with E-state index in [2.05, 4.69) is 0 Å². The van der Waals surface area contributed by atoms with Gasteiger partial charge < -0.3 is 4.74 Å². The van der Waals surface area contributed by atoms with E-state index in [0.717, 1.165) is 32.3 Å². The fraction of sp³-hybridized carbons (Fsp3) is 0.923. The lowest BCUT2D eigenvalue weighted by atomic mass is 9.83. The van der Waals surface area contributed by atoms with Crippen molar-refractivity contribution >= 4 is 15.6 Å². The Morgan fingerprint density at radius 3 is 2.67 bits per heavy atom. The molecular formula is C13H22O4S. The molecule has 2 fully saturated rings. The molecule has 0 spiro atoms. The Kier molecular flexibility index (Phi) is 4.43. The molecule has 1 aliphatic heterocycles. The number of sulfone groups is 1. The lowest BCUT2D eigenvalue weighted by molar-refractivity contribution is -0.124. The minimum absolute atomic E-state index is 0.0425. The van der Waals surface area contributed by atoms with E-state index in [9.17, 15) is 13.2 Å². The highest BCUT2D eigenvalue weighted by molar-refractivity contribution is 7.91. The van der Waals surface area contributed by atoms with E-state index in [1.165, 1.54) is 6.26 Å². The van der Waals surface area contributed by atoms with Crippen molar-refractivity contribution in [2.24, 2.45) is 11.8 Å². The van der Waals surface area contributed by atoms with Gasteiger partial charge in [-0.25, -0.2) is 8.42 Å². The van der Waals surface area contributed by atoms with Gasteiger partial charge in [0.25, 0.3) is 0 Å². The molecule has 5 heteroatoms. The maximum absolute atomic E-state index is 12.2. The molecule has 0 N–H and O–H groups in total. The molecular weight excluding hydrogens is 252 g/mol. The van der Waals surface area contributed by atoms with Gasteiger partial charge in [0.1, 0.15) is 15.6 Å². The lowest BCUT2D eigenvalue weighted by Crippen LogP contribution is -2.31. The first-order valence-electron chi connectivity index (χ1n) is 6.76. The van der Waals surface area contributed by atoms with Crippen LogP contribution < -0.4 is 0 Å². The summed E-state index contributed by atoms with van der Waals surface area (Å²) < 4.78 is 28.4. The van der Waals surface area contributed by atoms with Gasteiger partial charge in [-0.3, -0.25) is 4.79 Å². The Bertz CT molecular complexity index is 395. The van der Waals surface area contributed by atoms with Crippen LogP contribution in [0.2, 0.25) is 0 Å². The van der Waals surface area contributed by atoms with Gasteiger partial charge in [-0.05, 0) is 31.6 Å². The number of hydrogen-bond donors (Lipinski definition) is 0. The highest BCUT2D eigenvalue weighted by atomic mass is 32.2. The molecule has 3 atom stereocenters. The molecule has 3 unspecified atom stereocenters. The minimum atomic E-state index is -3.00. The number of ether oxygens (including phenoxy) is 1. The van der Waals surface area contributed by atoms with Crippen molar-refractivity contribution in [3.05, 3.63) is 0 Å². The van der Waals surface area contributed by atoms with E-state index in [4.69, 9.17) is 4.74 Å². The first-order valence-corrected chi connectivity index (χ1v) is 8.71. The summed E-state index contributed by atoms with van der Waals surface area (Å²) in [6.45, 7) is 1.45. The molecule has 1 saturated carbocycles. The molecule has 4 nitrogen and oxygen atoms in total. The van der Waals surface area contributed by atoms with Gasteiger partial charge >= 0.3 is 0 Å². The quantitative estimate of drug-likeness (QED) is 0.781. The topological polar surface area (TPSA) is 60.4 Å². The van der Waals surface area contributed by atoms with Crippen LogP contribution in [0.15, 0.2) is 0 Å². The van der Waals surface area contributed by atoms with Crippen molar-refractivity contribution < 1.29 is 17.9 Å². The number of carbonyl (C=O) groups excluding carboxylic acids is 1. The third-order valence-corrected chi connectivity index (χ3v) is 5.84. The molecule has 1 aliphatic carbocycles. The first-order chi connectivity index (χ1) is 8.47. The van der Waals surface area contributed by atoms with Crippen molar-refractivity contribution in [3.63, 3.8) is 0 Å². The van der Waals surface area contributed by atoms with Crippen molar-refractivity contribution in [2.45, 2.75) is 43.8 Å². The van der Waals surface area contributed by atoms with Crippen LogP contribution in [0.5, 0.6) is 0 Å². The summed E-state index contributed by atoms with van der Waals surface area (Å²) >= 11 is 0. The molecule has 2 aliphatic rings. The van der Waals surface area contributed by atoms with Gasteiger partial charge in [-0.15, -0.1) is 0 Å². The van der Waals surface area contributed by atoms with E-state index >= 15 is 0 Å². The van der Waals surface area contributed by atoms with Crippen LogP contribution in [-0.4, -0.2) is 38.9 Å². The standard InChI is InChI=1S/C13H22O4S/c1-18(15,16)12-4-2-3-11(8-12)13(14)7-10-5-6-17-9-10/h10-12H,2-9H2,1H3. The highest BCUT2D eigenvalue weighted by Crippen LogP contribution is 2.31. The van der Waals surface area contributed by atoms with Gasteiger partial charge in [0.15, 0.2) is 0 Å². The van der Waals surface area contributed by atoms with Crippen LogP contribution in [-0.2, 0) is 19.4 Å². The van der Waals surface area contributed by atoms with Gasteiger partial charge in [-0.2, -0.15) is 0 Å². The molecule has 0 amide bonds. The van der Waals surface area contributed by atoms with Crippen LogP contribution in [0.25, 0.3) is 0 Å². The summed E-state index contributed by atoms with van der Waals surface area (Å²) in [6, 6.07) is 0. The second-order valence-electron chi connectivity index (χ2n) is 5.72. The molecule has 0 radical (unpaired) electrons. The summed E-state index contributed by atoms with van der Waals surface area (Å²) in [4.78, 5) is 12.2. The van der Waals surface area contributed by atoms with E-state index in [-0.39, 0.29) is 17.0 Å². The van der Waals surface area contributed by atoms with Crippen LogP contribution in [0.4, 0.5) is 0 Å². The van der Waals surface area contributed by atoms with Gasteiger partial charge in [0, 0.05) is 31.8 Å². The van der Waals surface area contributed by atoms with Crippen LogP contribution >= 0.6 is 0 Å². The Labute approximate surface area is 109 Å². The molecule has 0 aromatic rings. The zero-order chi connectivity index (χ0) is 13.2. The maximum Gasteiger partial charge on any atom is 0.150 e. The van der Waals surface area contributed by atoms with Gasteiger partial charge in [0.2, 0.25) is 0 Å². The number of hydrogen-bond acceptors (Lipinski definition) is 4. The SMILES string of the molecule is CS(=O)(=O)C1CCCC(C(=O)CC2CCOC2)C1. The second kappa shape index (κ2) is 5.70. The molecule has 104 valence electrons.